The molecular formula is C18H27IO3S. The summed E-state index contributed by atoms with van der Waals surface area (Å²) in [5.41, 5.74) is -0.0219. The second-order valence-corrected chi connectivity index (χ2v) is 7.14. The van der Waals surface area contributed by atoms with Crippen LogP contribution in [0, 0.1) is 41.3 Å². The van der Waals surface area contributed by atoms with E-state index in [9.17, 15) is 9.59 Å². The van der Waals surface area contributed by atoms with E-state index in [0.29, 0.717) is 12.8 Å². The lowest BCUT2D eigenvalue weighted by Gasteiger charge is -2.41. The fourth-order valence-corrected chi connectivity index (χ4v) is 3.37. The second-order valence-electron chi connectivity index (χ2n) is 5.46. The summed E-state index contributed by atoms with van der Waals surface area (Å²) in [6.07, 6.45) is 10.8. The van der Waals surface area contributed by atoms with E-state index in [1.165, 1.54) is 16.0 Å². The van der Waals surface area contributed by atoms with Crippen molar-refractivity contribution in [2.75, 3.05) is 7.11 Å². The molecule has 130 valence electrons. The van der Waals surface area contributed by atoms with E-state index >= 15 is 0 Å². The zero-order valence-electron chi connectivity index (χ0n) is 14.6. The van der Waals surface area contributed by atoms with Crippen molar-refractivity contribution in [3.8, 4) is 24.0 Å². The van der Waals surface area contributed by atoms with E-state index in [0.717, 1.165) is 12.8 Å². The van der Waals surface area contributed by atoms with E-state index in [2.05, 4.69) is 59.1 Å². The zero-order chi connectivity index (χ0) is 18.5. The third-order valence-electron chi connectivity index (χ3n) is 3.91. The number of methoxy groups -OCH3 is 1. The summed E-state index contributed by atoms with van der Waals surface area (Å²) in [5.74, 6) is 2.10. The minimum absolute atomic E-state index is 0.0207. The molecule has 0 saturated heterocycles. The van der Waals surface area contributed by atoms with Gasteiger partial charge in [-0.15, -0.1) is 12.8 Å². The van der Waals surface area contributed by atoms with Crippen molar-refractivity contribution in [3.63, 3.8) is 0 Å². The maximum atomic E-state index is 12.0. The van der Waals surface area contributed by atoms with Crippen molar-refractivity contribution in [1.29, 1.82) is 0 Å². The summed E-state index contributed by atoms with van der Waals surface area (Å²) in [7, 11) is 2.80. The van der Waals surface area contributed by atoms with Crippen LogP contribution in [0.2, 0.25) is 0 Å². The van der Waals surface area contributed by atoms with Crippen LogP contribution in [-0.4, -0.2) is 18.9 Å². The van der Waals surface area contributed by atoms with Gasteiger partial charge in [0.05, 0.1) is 7.11 Å². The van der Waals surface area contributed by atoms with Crippen LogP contribution in [0.1, 0.15) is 53.4 Å². The van der Waals surface area contributed by atoms with Crippen LogP contribution in [0.3, 0.4) is 0 Å². The molecule has 0 aromatic rings. The number of hydrogen-bond donors (Lipinski definition) is 0. The number of esters is 1. The van der Waals surface area contributed by atoms with Gasteiger partial charge in [-0.1, -0.05) is 33.6 Å². The smallest absolute Gasteiger partial charge is 0.316 e. The lowest BCUT2D eigenvalue weighted by molar-refractivity contribution is -0.157. The molecular weight excluding hydrogens is 423 g/mol. The molecule has 0 aliphatic heterocycles. The first kappa shape index (κ1) is 24.6. The maximum Gasteiger partial charge on any atom is 0.316 e. The number of carbonyl (C=O) groups excluding carboxylic acids is 2. The zero-order valence-corrected chi connectivity index (χ0v) is 17.6. The summed E-state index contributed by atoms with van der Waals surface area (Å²) in [6, 6.07) is 0. The quantitative estimate of drug-likeness (QED) is 0.266. The fourth-order valence-electron chi connectivity index (χ4n) is 2.75. The Balaban J connectivity index is 0. The predicted octanol–water partition coefficient (Wildman–Crippen LogP) is 4.88. The molecule has 0 N–H and O–H groups in total. The number of terminal acetylenes is 1. The van der Waals surface area contributed by atoms with Gasteiger partial charge in [-0.3, -0.25) is 9.59 Å². The molecule has 0 spiro atoms. The van der Waals surface area contributed by atoms with Gasteiger partial charge in [0.1, 0.15) is 11.7 Å². The molecule has 1 rings (SSSR count). The van der Waals surface area contributed by atoms with E-state index in [1.54, 1.807) is 0 Å². The van der Waals surface area contributed by atoms with Gasteiger partial charge in [-0.05, 0) is 38.4 Å². The summed E-state index contributed by atoms with van der Waals surface area (Å²) in [4.78, 5) is 23.9. The van der Waals surface area contributed by atoms with Crippen molar-refractivity contribution < 1.29 is 14.3 Å². The summed E-state index contributed by atoms with van der Waals surface area (Å²) in [6.45, 7) is 8.25. The fraction of sp³-hybridized carbons (Fsp3) is 0.667. The Labute approximate surface area is 157 Å². The molecule has 1 aliphatic carbocycles. The molecule has 3 nitrogen and oxygen atoms in total. The number of carbonyl (C=O) groups is 2. The monoisotopic (exact) mass is 450 g/mol. The van der Waals surface area contributed by atoms with Gasteiger partial charge in [0.2, 0.25) is 0 Å². The van der Waals surface area contributed by atoms with E-state index < -0.39 is 5.92 Å². The Morgan fingerprint density at radius 1 is 1.43 bits per heavy atom. The van der Waals surface area contributed by atoms with Crippen molar-refractivity contribution in [1.82, 2.24) is 0 Å². The van der Waals surface area contributed by atoms with Crippen LogP contribution in [-0.2, 0) is 14.3 Å². The highest BCUT2D eigenvalue weighted by molar-refractivity contribution is 14.2. The number of ketones is 1. The highest BCUT2D eigenvalue weighted by Gasteiger charge is 2.46. The van der Waals surface area contributed by atoms with Crippen molar-refractivity contribution in [2.24, 2.45) is 17.3 Å². The Morgan fingerprint density at radius 3 is 2.48 bits per heavy atom. The van der Waals surface area contributed by atoms with Gasteiger partial charge in [-0.25, -0.2) is 0 Å². The van der Waals surface area contributed by atoms with Crippen molar-refractivity contribution in [2.45, 2.75) is 53.4 Å². The summed E-state index contributed by atoms with van der Waals surface area (Å²) in [5, 5.41) is 2.94. The third kappa shape index (κ3) is 8.13. The first-order chi connectivity index (χ1) is 10.9. The Hall–Kier alpha value is -0.660. The normalized spacial score (nSPS) is 21.3. The van der Waals surface area contributed by atoms with Gasteiger partial charge >= 0.3 is 5.97 Å². The average Bonchev–Trinajstić information content (AvgIpc) is 2.57. The Morgan fingerprint density at radius 2 is 2.00 bits per heavy atom. The molecule has 23 heavy (non-hydrogen) atoms. The molecule has 1 saturated carbocycles. The van der Waals surface area contributed by atoms with Crippen LogP contribution < -0.4 is 0 Å². The molecule has 2 unspecified atom stereocenters. The van der Waals surface area contributed by atoms with Gasteiger partial charge in [0.15, 0.2) is 0 Å². The first-order valence-electron chi connectivity index (χ1n) is 7.63. The van der Waals surface area contributed by atoms with E-state index in [-0.39, 0.29) is 23.1 Å². The highest BCUT2D eigenvalue weighted by atomic mass is 127. The SMILES string of the molecule is C#C.CC.COC(=O)C1C(=O)CCC(C)(C)C1CCC#CSI. The highest BCUT2D eigenvalue weighted by Crippen LogP contribution is 2.45. The molecule has 1 aliphatic rings. The molecule has 0 amide bonds. The van der Waals surface area contributed by atoms with Crippen molar-refractivity contribution in [3.05, 3.63) is 0 Å². The summed E-state index contributed by atoms with van der Waals surface area (Å²) >= 11 is 2.13. The lowest BCUT2D eigenvalue weighted by Crippen LogP contribution is -2.44. The minimum Gasteiger partial charge on any atom is -0.468 e. The molecule has 0 radical (unpaired) electrons. The van der Waals surface area contributed by atoms with Crippen molar-refractivity contribution >= 4 is 41.9 Å². The van der Waals surface area contributed by atoms with Gasteiger partial charge in [0.25, 0.3) is 0 Å². The predicted molar refractivity (Wildman–Crippen MR) is 107 cm³/mol. The standard InChI is InChI=1S/C14H19IO3S.C2H6.C2H2/c1-14(2)8-7-11(16)12(13(17)18-3)10(14)6-4-5-9-19-15;2*1-2/h10,12H,4,6-8H2,1-3H3;1-2H3;1-2H. The maximum absolute atomic E-state index is 12.0. The molecule has 0 aromatic carbocycles. The van der Waals surface area contributed by atoms with Crippen LogP contribution >= 0.6 is 30.1 Å². The Bertz CT molecular complexity index is 438. The third-order valence-corrected chi connectivity index (χ3v) is 4.80. The number of hydrogen-bond acceptors (Lipinski definition) is 4. The van der Waals surface area contributed by atoms with E-state index in [1.807, 2.05) is 13.8 Å². The van der Waals surface area contributed by atoms with Crippen LogP contribution in [0.15, 0.2) is 0 Å². The number of rotatable bonds is 3. The molecule has 0 bridgehead atoms. The largest absolute Gasteiger partial charge is 0.468 e. The van der Waals surface area contributed by atoms with Crippen LogP contribution in [0.25, 0.3) is 0 Å². The molecule has 1 fully saturated rings. The number of Topliss-reactive ketones (excluding diaryl/α,β-unsaturated/α-hetero) is 1. The van der Waals surface area contributed by atoms with E-state index in [4.69, 9.17) is 4.74 Å². The van der Waals surface area contributed by atoms with Gasteiger partial charge < -0.3 is 4.74 Å². The van der Waals surface area contributed by atoms with Gasteiger partial charge in [-0.2, -0.15) is 0 Å². The molecule has 5 heteroatoms. The lowest BCUT2D eigenvalue weighted by atomic mass is 9.61. The summed E-state index contributed by atoms with van der Waals surface area (Å²) < 4.78 is 4.81. The molecule has 0 aromatic heterocycles. The molecule has 0 heterocycles. The second kappa shape index (κ2) is 13.7. The molecule has 2 atom stereocenters. The average molecular weight is 450 g/mol. The van der Waals surface area contributed by atoms with Gasteiger partial charge in [0, 0.05) is 34.0 Å². The Kier molecular flexibility index (Phi) is 14.7. The number of ether oxygens (including phenoxy) is 1. The first-order valence-corrected chi connectivity index (χ1v) is 11.0. The van der Waals surface area contributed by atoms with Crippen LogP contribution in [0.4, 0.5) is 0 Å². The topological polar surface area (TPSA) is 43.4 Å². The number of halogens is 1. The minimum atomic E-state index is -0.609. The van der Waals surface area contributed by atoms with Crippen LogP contribution in [0.5, 0.6) is 0 Å².